The molecule has 0 unspecified atom stereocenters. The highest BCUT2D eigenvalue weighted by Crippen LogP contribution is 2.24. The molecule has 3 aromatic rings. The van der Waals surface area contributed by atoms with E-state index in [-0.39, 0.29) is 5.78 Å². The Bertz CT molecular complexity index is 796. The third-order valence-corrected chi connectivity index (χ3v) is 3.51. The van der Waals surface area contributed by atoms with Gasteiger partial charge in [0.05, 0.1) is 7.11 Å². The lowest BCUT2D eigenvalue weighted by Crippen LogP contribution is -2.00. The molecule has 1 N–H and O–H groups in total. The summed E-state index contributed by atoms with van der Waals surface area (Å²) in [6, 6.07) is 8.99. The Morgan fingerprint density at radius 1 is 1.27 bits per heavy atom. The highest BCUT2D eigenvalue weighted by Gasteiger charge is 2.15. The lowest BCUT2D eigenvalue weighted by Gasteiger charge is -2.03. The fourth-order valence-electron chi connectivity index (χ4n) is 2.09. The first-order valence-corrected chi connectivity index (χ1v) is 7.80. The van der Waals surface area contributed by atoms with Crippen LogP contribution >= 0.6 is 15.9 Å². The van der Waals surface area contributed by atoms with Gasteiger partial charge in [0.15, 0.2) is 5.78 Å². The molecule has 4 nitrogen and oxygen atoms in total. The summed E-state index contributed by atoms with van der Waals surface area (Å²) in [6.07, 6.45) is 3.38. The Labute approximate surface area is 137 Å². The number of aromatic amines is 1. The minimum absolute atomic E-state index is 0.0601. The van der Waals surface area contributed by atoms with Crippen molar-refractivity contribution in [3.05, 3.63) is 58.3 Å². The topological polar surface area (TPSA) is 55.0 Å². The second-order valence-electron chi connectivity index (χ2n) is 4.31. The Morgan fingerprint density at radius 3 is 2.77 bits per heavy atom. The Morgan fingerprint density at radius 2 is 2.05 bits per heavy atom. The van der Waals surface area contributed by atoms with Crippen molar-refractivity contribution in [2.45, 2.75) is 13.8 Å². The summed E-state index contributed by atoms with van der Waals surface area (Å²) in [7, 11) is 1.58. The molecule has 114 valence electrons. The maximum Gasteiger partial charge on any atom is 0.195 e. The van der Waals surface area contributed by atoms with Crippen LogP contribution in [0.3, 0.4) is 0 Å². The number of hydrogen-bond acceptors (Lipinski definition) is 3. The summed E-state index contributed by atoms with van der Waals surface area (Å²) in [5, 5.41) is 0.798. The van der Waals surface area contributed by atoms with Gasteiger partial charge in [-0.25, -0.2) is 4.98 Å². The van der Waals surface area contributed by atoms with E-state index in [1.165, 1.54) is 0 Å². The SMILES string of the molecule is CC.COc1cccc(C(=O)c2c[nH]c3ncc(Br)cc23)c1. The lowest BCUT2D eigenvalue weighted by atomic mass is 10.0. The predicted molar refractivity (Wildman–Crippen MR) is 91.6 cm³/mol. The molecule has 0 aliphatic heterocycles. The standard InChI is InChI=1S/C15H11BrN2O2.C2H6/c1-20-11-4-2-3-9(5-11)14(19)13-8-18-15-12(13)6-10(16)7-17-15;1-2/h2-8H,1H3,(H,17,18);1-2H3. The summed E-state index contributed by atoms with van der Waals surface area (Å²) in [4.78, 5) is 19.8. The number of benzene rings is 1. The zero-order chi connectivity index (χ0) is 16.1. The maximum atomic E-state index is 12.6. The summed E-state index contributed by atoms with van der Waals surface area (Å²) >= 11 is 3.37. The third-order valence-electron chi connectivity index (χ3n) is 3.07. The molecule has 0 fully saturated rings. The van der Waals surface area contributed by atoms with E-state index >= 15 is 0 Å². The number of ketones is 1. The van der Waals surface area contributed by atoms with Crippen LogP contribution in [-0.4, -0.2) is 22.9 Å². The van der Waals surface area contributed by atoms with Gasteiger partial charge >= 0.3 is 0 Å². The van der Waals surface area contributed by atoms with Crippen LogP contribution in [0.15, 0.2) is 47.2 Å². The number of fused-ring (bicyclic) bond motifs is 1. The van der Waals surface area contributed by atoms with Crippen molar-refractivity contribution in [1.29, 1.82) is 0 Å². The average Bonchev–Trinajstić information content (AvgIpc) is 2.99. The molecule has 0 saturated carbocycles. The number of pyridine rings is 1. The first-order chi connectivity index (χ1) is 10.7. The van der Waals surface area contributed by atoms with Crippen molar-refractivity contribution in [2.24, 2.45) is 0 Å². The van der Waals surface area contributed by atoms with E-state index in [0.29, 0.717) is 22.5 Å². The van der Waals surface area contributed by atoms with E-state index in [1.54, 1.807) is 37.7 Å². The molecule has 0 aliphatic carbocycles. The fraction of sp³-hybridized carbons (Fsp3) is 0.176. The lowest BCUT2D eigenvalue weighted by molar-refractivity contribution is 0.104. The van der Waals surface area contributed by atoms with Gasteiger partial charge in [0.1, 0.15) is 11.4 Å². The predicted octanol–water partition coefficient (Wildman–Crippen LogP) is 4.59. The average molecular weight is 361 g/mol. The van der Waals surface area contributed by atoms with Gasteiger partial charge in [0, 0.05) is 33.4 Å². The zero-order valence-corrected chi connectivity index (χ0v) is 14.3. The number of halogens is 1. The van der Waals surface area contributed by atoms with Crippen molar-refractivity contribution in [1.82, 2.24) is 9.97 Å². The third kappa shape index (κ3) is 3.20. The second-order valence-corrected chi connectivity index (χ2v) is 5.23. The molecule has 3 rings (SSSR count). The largest absolute Gasteiger partial charge is 0.497 e. The van der Waals surface area contributed by atoms with Crippen molar-refractivity contribution < 1.29 is 9.53 Å². The van der Waals surface area contributed by atoms with E-state index in [9.17, 15) is 4.79 Å². The monoisotopic (exact) mass is 360 g/mol. The van der Waals surface area contributed by atoms with E-state index in [1.807, 2.05) is 26.0 Å². The molecule has 2 heterocycles. The van der Waals surface area contributed by atoms with E-state index in [2.05, 4.69) is 25.9 Å². The highest BCUT2D eigenvalue weighted by molar-refractivity contribution is 9.10. The Balaban J connectivity index is 0.000000847. The molecule has 0 aliphatic rings. The van der Waals surface area contributed by atoms with E-state index in [0.717, 1.165) is 9.86 Å². The Kier molecular flexibility index (Phi) is 5.33. The van der Waals surface area contributed by atoms with Crippen LogP contribution in [0, 0.1) is 0 Å². The molecule has 5 heteroatoms. The van der Waals surface area contributed by atoms with Crippen molar-refractivity contribution >= 4 is 32.7 Å². The number of nitrogens with zero attached hydrogens (tertiary/aromatic N) is 1. The number of carbonyl (C=O) groups excluding carboxylic acids is 1. The first-order valence-electron chi connectivity index (χ1n) is 7.00. The summed E-state index contributed by atoms with van der Waals surface area (Å²) in [6.45, 7) is 4.00. The molecule has 0 amide bonds. The van der Waals surface area contributed by atoms with Crippen LogP contribution in [0.25, 0.3) is 11.0 Å². The van der Waals surface area contributed by atoms with Crippen LogP contribution < -0.4 is 4.74 Å². The van der Waals surface area contributed by atoms with Gasteiger partial charge in [0.2, 0.25) is 0 Å². The van der Waals surface area contributed by atoms with Gasteiger partial charge in [-0.1, -0.05) is 26.0 Å². The molecule has 2 aromatic heterocycles. The van der Waals surface area contributed by atoms with Crippen LogP contribution in [0.1, 0.15) is 29.8 Å². The van der Waals surface area contributed by atoms with Gasteiger partial charge in [-0.3, -0.25) is 4.79 Å². The molecule has 0 saturated heterocycles. The molecule has 22 heavy (non-hydrogen) atoms. The summed E-state index contributed by atoms with van der Waals surface area (Å²) in [5.74, 6) is 0.602. The second kappa shape index (κ2) is 7.22. The maximum absolute atomic E-state index is 12.6. The number of methoxy groups -OCH3 is 1. The first kappa shape index (κ1) is 16.2. The van der Waals surface area contributed by atoms with Crippen LogP contribution in [0.4, 0.5) is 0 Å². The smallest absolute Gasteiger partial charge is 0.195 e. The molecule has 0 radical (unpaired) electrons. The molecular formula is C17H17BrN2O2. The quantitative estimate of drug-likeness (QED) is 0.694. The molecule has 0 spiro atoms. The fourth-order valence-corrected chi connectivity index (χ4v) is 2.42. The zero-order valence-electron chi connectivity index (χ0n) is 12.7. The van der Waals surface area contributed by atoms with Gasteiger partial charge < -0.3 is 9.72 Å². The van der Waals surface area contributed by atoms with Crippen molar-refractivity contribution in [2.75, 3.05) is 7.11 Å². The number of rotatable bonds is 3. The molecule has 1 aromatic carbocycles. The number of hydrogen-bond donors (Lipinski definition) is 1. The van der Waals surface area contributed by atoms with E-state index < -0.39 is 0 Å². The Hall–Kier alpha value is -2.14. The van der Waals surface area contributed by atoms with Crippen LogP contribution in [-0.2, 0) is 0 Å². The van der Waals surface area contributed by atoms with Gasteiger partial charge in [0.25, 0.3) is 0 Å². The van der Waals surface area contributed by atoms with Crippen LogP contribution in [0.2, 0.25) is 0 Å². The van der Waals surface area contributed by atoms with Crippen molar-refractivity contribution in [3.63, 3.8) is 0 Å². The molecule has 0 bridgehead atoms. The minimum atomic E-state index is -0.0601. The van der Waals surface area contributed by atoms with E-state index in [4.69, 9.17) is 4.74 Å². The molecular weight excluding hydrogens is 344 g/mol. The van der Waals surface area contributed by atoms with Gasteiger partial charge in [-0.15, -0.1) is 0 Å². The number of carbonyl (C=O) groups is 1. The summed E-state index contributed by atoms with van der Waals surface area (Å²) in [5.41, 5.74) is 1.88. The number of aromatic nitrogens is 2. The summed E-state index contributed by atoms with van der Waals surface area (Å²) < 4.78 is 5.99. The number of nitrogens with one attached hydrogen (secondary N) is 1. The van der Waals surface area contributed by atoms with Crippen LogP contribution in [0.5, 0.6) is 5.75 Å². The number of ether oxygens (including phenoxy) is 1. The highest BCUT2D eigenvalue weighted by atomic mass is 79.9. The van der Waals surface area contributed by atoms with Crippen molar-refractivity contribution in [3.8, 4) is 5.75 Å². The molecule has 0 atom stereocenters. The minimum Gasteiger partial charge on any atom is -0.497 e. The van der Waals surface area contributed by atoms with Gasteiger partial charge in [-0.2, -0.15) is 0 Å². The normalized spacial score (nSPS) is 10.0. The number of H-pyrrole nitrogens is 1. The van der Waals surface area contributed by atoms with Gasteiger partial charge in [-0.05, 0) is 34.1 Å².